The number of benzene rings is 4. The molecule has 210 valence electrons. The van der Waals surface area contributed by atoms with E-state index in [-0.39, 0.29) is 11.8 Å². The molecule has 0 aromatic heterocycles. The smallest absolute Gasteiger partial charge is 0.345 e. The van der Waals surface area contributed by atoms with Crippen LogP contribution in [0.5, 0.6) is 11.5 Å². The maximum atomic E-state index is 13.2. The summed E-state index contributed by atoms with van der Waals surface area (Å²) < 4.78 is 23.0. The van der Waals surface area contributed by atoms with Crippen LogP contribution >= 0.6 is 0 Å². The first-order valence-corrected chi connectivity index (χ1v) is 13.9. The molecule has 1 aliphatic rings. The molecule has 6 heteroatoms. The Balaban J connectivity index is 1.39. The molecule has 4 atom stereocenters. The van der Waals surface area contributed by atoms with Gasteiger partial charge in [0.05, 0.1) is 0 Å². The van der Waals surface area contributed by atoms with Gasteiger partial charge in [-0.1, -0.05) is 103 Å². The van der Waals surface area contributed by atoms with Gasteiger partial charge in [0.15, 0.2) is 12.2 Å². The zero-order valence-electron chi connectivity index (χ0n) is 23.3. The summed E-state index contributed by atoms with van der Waals surface area (Å²) in [6, 6.07) is 34.0. The van der Waals surface area contributed by atoms with Crippen molar-refractivity contribution in [2.75, 3.05) is 14.2 Å². The van der Waals surface area contributed by atoms with E-state index >= 15 is 0 Å². The molecule has 0 aliphatic heterocycles. The van der Waals surface area contributed by atoms with Crippen molar-refractivity contribution < 1.29 is 28.5 Å². The normalized spacial score (nSPS) is 17.9. The summed E-state index contributed by atoms with van der Waals surface area (Å²) in [5, 5.41) is 0. The van der Waals surface area contributed by atoms with Gasteiger partial charge in [-0.2, -0.15) is 0 Å². The van der Waals surface area contributed by atoms with Gasteiger partial charge in [-0.25, -0.2) is 9.59 Å². The second-order valence-electron chi connectivity index (χ2n) is 10.1. The fourth-order valence-corrected chi connectivity index (χ4v) is 5.78. The second-order valence-corrected chi connectivity index (χ2v) is 10.1. The zero-order valence-corrected chi connectivity index (χ0v) is 23.3. The van der Waals surface area contributed by atoms with Gasteiger partial charge in [0, 0.05) is 14.2 Å². The molecular formula is C35H34O6. The number of methoxy groups -OCH3 is 2. The van der Waals surface area contributed by atoms with Gasteiger partial charge >= 0.3 is 11.9 Å². The van der Waals surface area contributed by atoms with Crippen molar-refractivity contribution in [2.45, 2.75) is 43.3 Å². The van der Waals surface area contributed by atoms with E-state index in [0.717, 1.165) is 41.5 Å². The summed E-state index contributed by atoms with van der Waals surface area (Å²) in [6.45, 7) is 0. The van der Waals surface area contributed by atoms with E-state index < -0.39 is 24.1 Å². The topological polar surface area (TPSA) is 71.1 Å². The van der Waals surface area contributed by atoms with Crippen LogP contribution in [0.15, 0.2) is 109 Å². The van der Waals surface area contributed by atoms with E-state index in [1.807, 2.05) is 109 Å². The highest BCUT2D eigenvalue weighted by Gasteiger charge is 2.35. The Morgan fingerprint density at radius 2 is 0.927 bits per heavy atom. The standard InChI is InChI=1S/C35H34O6/c1-38-32(24-14-5-3-6-15-24)34(36)40-30-22-11-9-18-28(30)26-20-13-21-27(26)29-19-10-12-23-31(29)41-35(37)33(39-2)25-16-7-4-8-17-25/h3-12,14-19,22-23,26-27,32-33H,13,20-21H2,1-2H3/t26-,27-,32-,33-/m1/s1. The minimum Gasteiger partial charge on any atom is -0.424 e. The Hall–Kier alpha value is -4.26. The van der Waals surface area contributed by atoms with E-state index in [4.69, 9.17) is 18.9 Å². The van der Waals surface area contributed by atoms with E-state index in [2.05, 4.69) is 0 Å². The average Bonchev–Trinajstić information content (AvgIpc) is 3.49. The van der Waals surface area contributed by atoms with Crippen molar-refractivity contribution in [3.8, 4) is 11.5 Å². The van der Waals surface area contributed by atoms with E-state index in [9.17, 15) is 9.59 Å². The fraction of sp³-hybridized carbons (Fsp3) is 0.257. The van der Waals surface area contributed by atoms with Gasteiger partial charge in [-0.05, 0) is 59.1 Å². The molecule has 0 spiro atoms. The van der Waals surface area contributed by atoms with Gasteiger partial charge in [0.2, 0.25) is 0 Å². The SMILES string of the molecule is CO[C@@H](C(=O)Oc1ccccc1[C@@H]1CCC[C@H]1c1ccccc1OC(=O)[C@H](OC)c1ccccc1)c1ccccc1. The summed E-state index contributed by atoms with van der Waals surface area (Å²) in [5.41, 5.74) is 3.37. The lowest BCUT2D eigenvalue weighted by Crippen LogP contribution is -2.22. The third kappa shape index (κ3) is 6.40. The molecule has 0 bridgehead atoms. The Morgan fingerprint density at radius 3 is 1.32 bits per heavy atom. The number of rotatable bonds is 10. The monoisotopic (exact) mass is 550 g/mol. The van der Waals surface area contributed by atoms with E-state index in [1.54, 1.807) is 0 Å². The lowest BCUT2D eigenvalue weighted by molar-refractivity contribution is -0.146. The van der Waals surface area contributed by atoms with Gasteiger partial charge < -0.3 is 18.9 Å². The molecule has 41 heavy (non-hydrogen) atoms. The maximum Gasteiger partial charge on any atom is 0.345 e. The van der Waals surface area contributed by atoms with Crippen LogP contribution in [0.25, 0.3) is 0 Å². The van der Waals surface area contributed by atoms with Crippen molar-refractivity contribution in [2.24, 2.45) is 0 Å². The van der Waals surface area contributed by atoms with Crippen molar-refractivity contribution in [3.05, 3.63) is 131 Å². The summed E-state index contributed by atoms with van der Waals surface area (Å²) in [7, 11) is 3.00. The van der Waals surface area contributed by atoms with Crippen LogP contribution in [0.4, 0.5) is 0 Å². The quantitative estimate of drug-likeness (QED) is 0.152. The summed E-state index contributed by atoms with van der Waals surface area (Å²) >= 11 is 0. The second kappa shape index (κ2) is 13.4. The Kier molecular flexibility index (Phi) is 9.24. The zero-order chi connectivity index (χ0) is 28.6. The number of carbonyl (C=O) groups excluding carboxylic acids is 2. The Bertz CT molecular complexity index is 1340. The highest BCUT2D eigenvalue weighted by atomic mass is 16.6. The molecule has 0 amide bonds. The molecule has 0 radical (unpaired) electrons. The van der Waals surface area contributed by atoms with Gasteiger partial charge in [-0.3, -0.25) is 0 Å². The molecule has 0 N–H and O–H groups in total. The lowest BCUT2D eigenvalue weighted by Gasteiger charge is -2.25. The van der Waals surface area contributed by atoms with Crippen LogP contribution < -0.4 is 9.47 Å². The average molecular weight is 551 g/mol. The molecule has 0 unspecified atom stereocenters. The minimum atomic E-state index is -0.831. The molecule has 4 aromatic carbocycles. The molecule has 4 aromatic rings. The number of para-hydroxylation sites is 2. The molecule has 6 nitrogen and oxygen atoms in total. The lowest BCUT2D eigenvalue weighted by atomic mass is 9.83. The number of esters is 2. The molecular weight excluding hydrogens is 516 g/mol. The largest absolute Gasteiger partial charge is 0.424 e. The van der Waals surface area contributed by atoms with E-state index in [1.165, 1.54) is 14.2 Å². The number of hydrogen-bond acceptors (Lipinski definition) is 6. The highest BCUT2D eigenvalue weighted by Crippen LogP contribution is 2.50. The molecule has 1 fully saturated rings. The summed E-state index contributed by atoms with van der Waals surface area (Å²) in [6.07, 6.45) is 1.16. The van der Waals surface area contributed by atoms with Gasteiger partial charge in [0.1, 0.15) is 11.5 Å². The maximum absolute atomic E-state index is 13.2. The highest BCUT2D eigenvalue weighted by molar-refractivity contribution is 5.80. The van der Waals surface area contributed by atoms with Crippen LogP contribution in [0.1, 0.15) is 65.6 Å². The first-order valence-electron chi connectivity index (χ1n) is 13.9. The van der Waals surface area contributed by atoms with Gasteiger partial charge in [0.25, 0.3) is 0 Å². The van der Waals surface area contributed by atoms with Crippen LogP contribution in [-0.4, -0.2) is 26.2 Å². The van der Waals surface area contributed by atoms with E-state index in [0.29, 0.717) is 11.5 Å². The molecule has 0 saturated heterocycles. The summed E-state index contributed by atoms with van der Waals surface area (Å²) in [4.78, 5) is 26.5. The summed E-state index contributed by atoms with van der Waals surface area (Å²) in [5.74, 6) is 0.242. The predicted molar refractivity (Wildman–Crippen MR) is 156 cm³/mol. The molecule has 0 heterocycles. The number of hydrogen-bond donors (Lipinski definition) is 0. The van der Waals surface area contributed by atoms with Crippen LogP contribution in [0, 0.1) is 0 Å². The van der Waals surface area contributed by atoms with Crippen molar-refractivity contribution in [1.29, 1.82) is 0 Å². The van der Waals surface area contributed by atoms with Crippen molar-refractivity contribution in [1.82, 2.24) is 0 Å². The van der Waals surface area contributed by atoms with Crippen LogP contribution in [-0.2, 0) is 19.1 Å². The number of ether oxygens (including phenoxy) is 4. The Morgan fingerprint density at radius 1 is 0.561 bits per heavy atom. The molecule has 1 saturated carbocycles. The predicted octanol–water partition coefficient (Wildman–Crippen LogP) is 7.32. The number of carbonyl (C=O) groups is 2. The van der Waals surface area contributed by atoms with Crippen LogP contribution in [0.3, 0.4) is 0 Å². The third-order valence-electron chi connectivity index (χ3n) is 7.68. The first kappa shape index (κ1) is 28.3. The minimum absolute atomic E-state index is 0.0731. The van der Waals surface area contributed by atoms with Gasteiger partial charge in [-0.15, -0.1) is 0 Å². The fourth-order valence-electron chi connectivity index (χ4n) is 5.78. The molecule has 1 aliphatic carbocycles. The molecule has 5 rings (SSSR count). The third-order valence-corrected chi connectivity index (χ3v) is 7.68. The van der Waals surface area contributed by atoms with Crippen molar-refractivity contribution >= 4 is 11.9 Å². The van der Waals surface area contributed by atoms with Crippen LogP contribution in [0.2, 0.25) is 0 Å². The Labute approximate surface area is 240 Å². The first-order chi connectivity index (χ1) is 20.1. The van der Waals surface area contributed by atoms with Crippen molar-refractivity contribution in [3.63, 3.8) is 0 Å².